The summed E-state index contributed by atoms with van der Waals surface area (Å²) in [6.45, 7) is 8.84. The van der Waals surface area contributed by atoms with Crippen LogP contribution in [0.3, 0.4) is 0 Å². The summed E-state index contributed by atoms with van der Waals surface area (Å²) < 4.78 is 0. The molecule has 7 heteroatoms. The number of thiazole rings is 1. The number of likely N-dealkylation sites (tertiary alicyclic amines) is 1. The number of hydrogen-bond donors (Lipinski definition) is 2. The van der Waals surface area contributed by atoms with Gasteiger partial charge in [-0.25, -0.2) is 4.98 Å². The summed E-state index contributed by atoms with van der Waals surface area (Å²) >= 11 is 1.75. The van der Waals surface area contributed by atoms with Crippen LogP contribution in [-0.2, 0) is 6.54 Å². The summed E-state index contributed by atoms with van der Waals surface area (Å²) in [6.07, 6.45) is 7.78. The molecule has 1 aliphatic carbocycles. The molecule has 2 fully saturated rings. The van der Waals surface area contributed by atoms with Crippen molar-refractivity contribution in [2.24, 2.45) is 16.8 Å². The zero-order valence-electron chi connectivity index (χ0n) is 17.0. The third-order valence-electron chi connectivity index (χ3n) is 5.82. The van der Waals surface area contributed by atoms with Gasteiger partial charge in [0.2, 0.25) is 0 Å². The standard InChI is InChI=1S/C20H35N5S.HI/c1-15-5-4-6-18(11-15)24-20(21-3)22-12-17-7-9-25(10-8-17)13-19-14-26-16(2)23-19;/h14-15,17-18H,4-13H2,1-3H3,(H2,21,22,24);1H. The van der Waals surface area contributed by atoms with Crippen molar-refractivity contribution in [1.82, 2.24) is 20.5 Å². The summed E-state index contributed by atoms with van der Waals surface area (Å²) in [7, 11) is 1.89. The Morgan fingerprint density at radius 2 is 2.07 bits per heavy atom. The molecule has 0 bridgehead atoms. The highest BCUT2D eigenvalue weighted by atomic mass is 127. The molecule has 1 aromatic rings. The van der Waals surface area contributed by atoms with E-state index in [4.69, 9.17) is 0 Å². The first-order valence-corrected chi connectivity index (χ1v) is 11.1. The van der Waals surface area contributed by atoms with Crippen LogP contribution in [0.5, 0.6) is 0 Å². The van der Waals surface area contributed by atoms with Gasteiger partial charge in [-0.2, -0.15) is 0 Å². The molecule has 2 atom stereocenters. The molecule has 27 heavy (non-hydrogen) atoms. The van der Waals surface area contributed by atoms with Crippen molar-refractivity contribution >= 4 is 41.3 Å². The molecule has 0 amide bonds. The van der Waals surface area contributed by atoms with Crippen molar-refractivity contribution in [2.45, 2.75) is 65.0 Å². The molecule has 0 aromatic carbocycles. The largest absolute Gasteiger partial charge is 0.356 e. The van der Waals surface area contributed by atoms with E-state index < -0.39 is 0 Å². The van der Waals surface area contributed by atoms with Gasteiger partial charge in [-0.3, -0.25) is 9.89 Å². The number of aromatic nitrogens is 1. The molecule has 0 radical (unpaired) electrons. The average Bonchev–Trinajstić information content (AvgIpc) is 3.04. The molecule has 1 saturated carbocycles. The quantitative estimate of drug-likeness (QED) is 0.361. The van der Waals surface area contributed by atoms with Gasteiger partial charge in [-0.15, -0.1) is 35.3 Å². The van der Waals surface area contributed by atoms with Crippen LogP contribution in [0.2, 0.25) is 0 Å². The van der Waals surface area contributed by atoms with E-state index in [1.807, 2.05) is 7.05 Å². The molecular formula is C20H36IN5S. The molecule has 154 valence electrons. The third-order valence-corrected chi connectivity index (χ3v) is 6.64. The van der Waals surface area contributed by atoms with Gasteiger partial charge in [0, 0.05) is 31.6 Å². The molecule has 2 unspecified atom stereocenters. The fourth-order valence-corrected chi connectivity index (χ4v) is 4.86. The molecule has 1 saturated heterocycles. The van der Waals surface area contributed by atoms with E-state index in [1.165, 1.54) is 62.3 Å². The number of rotatable bonds is 5. The van der Waals surface area contributed by atoms with Crippen LogP contribution in [0.15, 0.2) is 10.4 Å². The van der Waals surface area contributed by atoms with Gasteiger partial charge in [0.05, 0.1) is 10.7 Å². The van der Waals surface area contributed by atoms with Crippen molar-refractivity contribution in [2.75, 3.05) is 26.7 Å². The van der Waals surface area contributed by atoms with Gasteiger partial charge in [-0.1, -0.05) is 19.8 Å². The van der Waals surface area contributed by atoms with E-state index in [0.29, 0.717) is 6.04 Å². The Morgan fingerprint density at radius 3 is 2.70 bits per heavy atom. The molecule has 1 aromatic heterocycles. The molecular weight excluding hydrogens is 469 g/mol. The predicted octanol–water partition coefficient (Wildman–Crippen LogP) is 4.03. The Morgan fingerprint density at radius 1 is 1.30 bits per heavy atom. The Kier molecular flexibility index (Phi) is 9.79. The highest BCUT2D eigenvalue weighted by Crippen LogP contribution is 2.23. The second-order valence-corrected chi connectivity index (χ2v) is 9.21. The highest BCUT2D eigenvalue weighted by molar-refractivity contribution is 14.0. The molecule has 2 N–H and O–H groups in total. The lowest BCUT2D eigenvalue weighted by Gasteiger charge is -2.32. The van der Waals surface area contributed by atoms with Crippen LogP contribution >= 0.6 is 35.3 Å². The molecule has 1 aliphatic heterocycles. The first-order chi connectivity index (χ1) is 12.6. The molecule has 3 rings (SSSR count). The number of piperidine rings is 1. The Balaban J connectivity index is 0.00000261. The predicted molar refractivity (Wildman–Crippen MR) is 126 cm³/mol. The van der Waals surface area contributed by atoms with Crippen LogP contribution < -0.4 is 10.6 Å². The Labute approximate surface area is 185 Å². The van der Waals surface area contributed by atoms with Crippen LogP contribution in [0.1, 0.15) is 56.2 Å². The number of nitrogens with zero attached hydrogens (tertiary/aromatic N) is 3. The SMILES string of the molecule is CN=C(NCC1CCN(Cc2csc(C)n2)CC1)NC1CCCC(C)C1.I. The molecule has 2 heterocycles. The second-order valence-electron chi connectivity index (χ2n) is 8.14. The maximum Gasteiger partial charge on any atom is 0.191 e. The smallest absolute Gasteiger partial charge is 0.191 e. The van der Waals surface area contributed by atoms with Gasteiger partial charge >= 0.3 is 0 Å². The Bertz CT molecular complexity index is 583. The van der Waals surface area contributed by atoms with E-state index in [9.17, 15) is 0 Å². The van der Waals surface area contributed by atoms with Gasteiger partial charge < -0.3 is 10.6 Å². The van der Waals surface area contributed by atoms with E-state index in [0.717, 1.165) is 30.9 Å². The number of hydrogen-bond acceptors (Lipinski definition) is 4. The lowest BCUT2D eigenvalue weighted by Crippen LogP contribution is -2.47. The minimum Gasteiger partial charge on any atom is -0.356 e. The van der Waals surface area contributed by atoms with Crippen LogP contribution in [0.25, 0.3) is 0 Å². The zero-order chi connectivity index (χ0) is 18.4. The van der Waals surface area contributed by atoms with E-state index >= 15 is 0 Å². The fraction of sp³-hybridized carbons (Fsp3) is 0.800. The van der Waals surface area contributed by atoms with Gasteiger partial charge in [0.1, 0.15) is 0 Å². The number of aliphatic imine (C=N–C) groups is 1. The number of nitrogens with one attached hydrogen (secondary N) is 2. The van der Waals surface area contributed by atoms with Crippen LogP contribution in [-0.4, -0.2) is 48.6 Å². The monoisotopic (exact) mass is 505 g/mol. The summed E-state index contributed by atoms with van der Waals surface area (Å²) in [5.74, 6) is 2.57. The van der Waals surface area contributed by atoms with E-state index in [1.54, 1.807) is 11.3 Å². The minimum atomic E-state index is 0. The summed E-state index contributed by atoms with van der Waals surface area (Å²) in [5, 5.41) is 10.6. The van der Waals surface area contributed by atoms with Gasteiger partial charge in [0.25, 0.3) is 0 Å². The lowest BCUT2D eigenvalue weighted by molar-refractivity contribution is 0.176. The first kappa shape index (κ1) is 22.9. The summed E-state index contributed by atoms with van der Waals surface area (Å²) in [6, 6.07) is 0.591. The maximum atomic E-state index is 4.60. The van der Waals surface area contributed by atoms with E-state index in [2.05, 4.69) is 44.7 Å². The van der Waals surface area contributed by atoms with Crippen molar-refractivity contribution in [1.29, 1.82) is 0 Å². The topological polar surface area (TPSA) is 52.6 Å². The number of aryl methyl sites for hydroxylation is 1. The lowest BCUT2D eigenvalue weighted by atomic mass is 9.87. The fourth-order valence-electron chi connectivity index (χ4n) is 4.25. The highest BCUT2D eigenvalue weighted by Gasteiger charge is 2.22. The van der Waals surface area contributed by atoms with E-state index in [-0.39, 0.29) is 24.0 Å². The van der Waals surface area contributed by atoms with Gasteiger partial charge in [-0.05, 0) is 57.5 Å². The zero-order valence-corrected chi connectivity index (χ0v) is 20.2. The normalized spacial score (nSPS) is 25.1. The van der Waals surface area contributed by atoms with Crippen molar-refractivity contribution in [3.63, 3.8) is 0 Å². The van der Waals surface area contributed by atoms with Crippen molar-refractivity contribution < 1.29 is 0 Å². The number of halogens is 1. The Hall–Kier alpha value is -0.410. The van der Waals surface area contributed by atoms with Crippen LogP contribution in [0, 0.1) is 18.8 Å². The molecule has 2 aliphatic rings. The summed E-state index contributed by atoms with van der Waals surface area (Å²) in [4.78, 5) is 11.6. The molecule has 5 nitrogen and oxygen atoms in total. The molecule has 0 spiro atoms. The van der Waals surface area contributed by atoms with Crippen LogP contribution in [0.4, 0.5) is 0 Å². The van der Waals surface area contributed by atoms with Crippen molar-refractivity contribution in [3.8, 4) is 0 Å². The van der Waals surface area contributed by atoms with Crippen molar-refractivity contribution in [3.05, 3.63) is 16.1 Å². The number of guanidine groups is 1. The third kappa shape index (κ3) is 7.49. The van der Waals surface area contributed by atoms with Gasteiger partial charge in [0.15, 0.2) is 5.96 Å². The first-order valence-electron chi connectivity index (χ1n) is 10.2. The average molecular weight is 506 g/mol. The maximum absolute atomic E-state index is 4.60. The summed E-state index contributed by atoms with van der Waals surface area (Å²) in [5.41, 5.74) is 1.23. The second kappa shape index (κ2) is 11.6. The minimum absolute atomic E-state index is 0.